The van der Waals surface area contributed by atoms with Crippen molar-refractivity contribution in [2.24, 2.45) is 5.41 Å². The molecule has 0 bridgehead atoms. The topological polar surface area (TPSA) is 40.6 Å². The molecule has 148 valence electrons. The molecule has 2 aliphatic rings. The summed E-state index contributed by atoms with van der Waals surface area (Å²) in [7, 11) is 0. The Labute approximate surface area is 169 Å². The number of carbonyl (C=O) groups excluding carboxylic acids is 2. The first kappa shape index (κ1) is 19.3. The maximum Gasteiger partial charge on any atom is 0.254 e. The van der Waals surface area contributed by atoms with Crippen LogP contribution in [-0.2, 0) is 6.54 Å². The molecule has 6 heteroatoms. The van der Waals surface area contributed by atoms with Gasteiger partial charge in [-0.1, -0.05) is 12.1 Å². The largest absolute Gasteiger partial charge is 0.338 e. The Bertz CT molecular complexity index is 879. The molecule has 3 heterocycles. The molecule has 1 aromatic carbocycles. The second kappa shape index (κ2) is 7.76. The molecule has 1 spiro atoms. The van der Waals surface area contributed by atoms with Gasteiger partial charge in [0.15, 0.2) is 5.78 Å². The molecule has 1 atom stereocenters. The van der Waals surface area contributed by atoms with Crippen LogP contribution < -0.4 is 0 Å². The third-order valence-corrected chi connectivity index (χ3v) is 7.01. The van der Waals surface area contributed by atoms with Crippen LogP contribution in [-0.4, -0.2) is 47.7 Å². The maximum absolute atomic E-state index is 13.1. The van der Waals surface area contributed by atoms with Crippen LogP contribution in [0, 0.1) is 11.2 Å². The van der Waals surface area contributed by atoms with Gasteiger partial charge >= 0.3 is 0 Å². The summed E-state index contributed by atoms with van der Waals surface area (Å²) < 4.78 is 13.1. The van der Waals surface area contributed by atoms with Gasteiger partial charge in [0.1, 0.15) is 5.82 Å². The Kier molecular flexibility index (Phi) is 5.34. The van der Waals surface area contributed by atoms with E-state index in [9.17, 15) is 14.0 Å². The number of rotatable bonds is 4. The summed E-state index contributed by atoms with van der Waals surface area (Å²) in [6, 6.07) is 8.46. The number of piperidine rings is 1. The van der Waals surface area contributed by atoms with Crippen molar-refractivity contribution < 1.29 is 14.0 Å². The zero-order valence-electron chi connectivity index (χ0n) is 16.1. The van der Waals surface area contributed by atoms with Gasteiger partial charge in [0.25, 0.3) is 5.91 Å². The van der Waals surface area contributed by atoms with Gasteiger partial charge in [0.2, 0.25) is 0 Å². The van der Waals surface area contributed by atoms with Crippen LogP contribution in [0.15, 0.2) is 35.7 Å². The summed E-state index contributed by atoms with van der Waals surface area (Å²) in [6.07, 6.45) is 3.28. The number of nitrogens with zero attached hydrogens (tertiary/aromatic N) is 2. The molecule has 2 fully saturated rings. The smallest absolute Gasteiger partial charge is 0.254 e. The molecule has 1 aromatic heterocycles. The average Bonchev–Trinajstić information content (AvgIpc) is 3.31. The fourth-order valence-electron chi connectivity index (χ4n) is 4.55. The fourth-order valence-corrected chi connectivity index (χ4v) is 5.33. The molecule has 0 saturated carbocycles. The van der Waals surface area contributed by atoms with Crippen LogP contribution in [0.3, 0.4) is 0 Å². The zero-order chi connectivity index (χ0) is 19.7. The molecule has 0 radical (unpaired) electrons. The molecule has 28 heavy (non-hydrogen) atoms. The zero-order valence-corrected chi connectivity index (χ0v) is 16.9. The highest BCUT2D eigenvalue weighted by molar-refractivity contribution is 7.12. The van der Waals surface area contributed by atoms with E-state index >= 15 is 0 Å². The lowest BCUT2D eigenvalue weighted by atomic mass is 9.79. The minimum Gasteiger partial charge on any atom is -0.338 e. The highest BCUT2D eigenvalue weighted by Crippen LogP contribution is 2.40. The number of hydrogen-bond donors (Lipinski definition) is 0. The van der Waals surface area contributed by atoms with E-state index in [-0.39, 0.29) is 22.9 Å². The van der Waals surface area contributed by atoms with Crippen molar-refractivity contribution in [3.8, 4) is 0 Å². The number of Topliss-reactive ketones (excluding diaryl/α,β-unsaturated/α-hetero) is 1. The van der Waals surface area contributed by atoms with Crippen LogP contribution in [0.25, 0.3) is 0 Å². The van der Waals surface area contributed by atoms with Crippen molar-refractivity contribution in [1.29, 1.82) is 0 Å². The second-order valence-corrected chi connectivity index (χ2v) is 9.08. The van der Waals surface area contributed by atoms with E-state index in [2.05, 4.69) is 4.90 Å². The number of ketones is 1. The summed E-state index contributed by atoms with van der Waals surface area (Å²) in [4.78, 5) is 29.4. The summed E-state index contributed by atoms with van der Waals surface area (Å²) in [5.41, 5.74) is 1.90. The molecule has 0 aliphatic carbocycles. The number of likely N-dealkylation sites (tertiary alicyclic amines) is 2. The molecular formula is C22H25FN2O2S. The van der Waals surface area contributed by atoms with Gasteiger partial charge in [0, 0.05) is 37.0 Å². The number of carbonyl (C=O) groups is 2. The molecule has 0 unspecified atom stereocenters. The predicted molar refractivity (Wildman–Crippen MR) is 108 cm³/mol. The normalized spacial score (nSPS) is 22.7. The van der Waals surface area contributed by atoms with Gasteiger partial charge in [-0.25, -0.2) is 4.39 Å². The van der Waals surface area contributed by atoms with Crippen LogP contribution in [0.1, 0.15) is 51.8 Å². The van der Waals surface area contributed by atoms with Gasteiger partial charge in [-0.05, 0) is 56.5 Å². The highest BCUT2D eigenvalue weighted by atomic mass is 32.1. The summed E-state index contributed by atoms with van der Waals surface area (Å²) in [6.45, 7) is 5.91. The quantitative estimate of drug-likeness (QED) is 0.722. The third-order valence-electron chi connectivity index (χ3n) is 5.98. The average molecular weight is 401 g/mol. The van der Waals surface area contributed by atoms with E-state index in [4.69, 9.17) is 0 Å². The van der Waals surface area contributed by atoms with Gasteiger partial charge in [-0.2, -0.15) is 0 Å². The van der Waals surface area contributed by atoms with Crippen LogP contribution in [0.4, 0.5) is 4.39 Å². The van der Waals surface area contributed by atoms with Crippen LogP contribution >= 0.6 is 11.3 Å². The Morgan fingerprint density at radius 1 is 1.14 bits per heavy atom. The van der Waals surface area contributed by atoms with E-state index in [1.165, 1.54) is 30.4 Å². The monoisotopic (exact) mass is 400 g/mol. The van der Waals surface area contributed by atoms with Crippen molar-refractivity contribution >= 4 is 23.0 Å². The SMILES string of the molecule is CC(=O)c1cc(C(=O)N2CC[C@@]3(CCCN(Cc4ccc(F)cc4)C3)C2)cs1. The van der Waals surface area contributed by atoms with E-state index < -0.39 is 0 Å². The van der Waals surface area contributed by atoms with Crippen LogP contribution in [0.2, 0.25) is 0 Å². The molecule has 1 amide bonds. The second-order valence-electron chi connectivity index (χ2n) is 8.17. The number of halogens is 1. The molecule has 2 saturated heterocycles. The summed E-state index contributed by atoms with van der Waals surface area (Å²) >= 11 is 1.34. The first-order chi connectivity index (χ1) is 13.4. The Morgan fingerprint density at radius 3 is 2.64 bits per heavy atom. The van der Waals surface area contributed by atoms with Crippen molar-refractivity contribution in [3.05, 3.63) is 57.5 Å². The van der Waals surface area contributed by atoms with E-state index in [1.54, 1.807) is 11.4 Å². The van der Waals surface area contributed by atoms with Crippen LogP contribution in [0.5, 0.6) is 0 Å². The number of benzene rings is 1. The fraction of sp³-hybridized carbons (Fsp3) is 0.455. The Morgan fingerprint density at radius 2 is 1.93 bits per heavy atom. The van der Waals surface area contributed by atoms with Crippen molar-refractivity contribution in [2.45, 2.75) is 32.7 Å². The number of hydrogen-bond acceptors (Lipinski definition) is 4. The number of thiophene rings is 1. The molecule has 2 aromatic rings. The predicted octanol–water partition coefficient (Wildman–Crippen LogP) is 4.22. The Balaban J connectivity index is 1.40. The standard InChI is InChI=1S/C22H25FN2O2S/c1-16(26)20-11-18(13-28-20)21(27)25-10-8-22(15-25)7-2-9-24(14-22)12-17-3-5-19(23)6-4-17/h3-6,11,13H,2,7-10,12,14-15H2,1H3/t22-/m1/s1. The summed E-state index contributed by atoms with van der Waals surface area (Å²) in [5.74, 6) is -0.160. The first-order valence-electron chi connectivity index (χ1n) is 9.80. The van der Waals surface area contributed by atoms with Gasteiger partial charge in [-0.3, -0.25) is 14.5 Å². The molecule has 0 N–H and O–H groups in total. The van der Waals surface area contributed by atoms with Gasteiger partial charge in [0.05, 0.1) is 10.4 Å². The summed E-state index contributed by atoms with van der Waals surface area (Å²) in [5, 5.41) is 1.80. The molecule has 4 rings (SSSR count). The maximum atomic E-state index is 13.1. The van der Waals surface area contributed by atoms with Crippen molar-refractivity contribution in [1.82, 2.24) is 9.80 Å². The molecule has 2 aliphatic heterocycles. The lowest BCUT2D eigenvalue weighted by Gasteiger charge is -2.40. The lowest BCUT2D eigenvalue weighted by molar-refractivity contribution is 0.0676. The van der Waals surface area contributed by atoms with Gasteiger partial charge in [-0.15, -0.1) is 11.3 Å². The van der Waals surface area contributed by atoms with Crippen molar-refractivity contribution in [2.75, 3.05) is 26.2 Å². The van der Waals surface area contributed by atoms with E-state index in [1.807, 2.05) is 17.0 Å². The minimum absolute atomic E-state index is 0.00524. The van der Waals surface area contributed by atoms with Gasteiger partial charge < -0.3 is 4.90 Å². The lowest BCUT2D eigenvalue weighted by Crippen LogP contribution is -2.45. The Hall–Kier alpha value is -2.05. The highest BCUT2D eigenvalue weighted by Gasteiger charge is 2.42. The molecular weight excluding hydrogens is 375 g/mol. The first-order valence-corrected chi connectivity index (χ1v) is 10.7. The molecule has 4 nitrogen and oxygen atoms in total. The third kappa shape index (κ3) is 4.03. The van der Waals surface area contributed by atoms with Crippen molar-refractivity contribution in [3.63, 3.8) is 0 Å². The minimum atomic E-state index is -0.204. The van der Waals surface area contributed by atoms with E-state index in [0.29, 0.717) is 10.4 Å². The number of amides is 1. The van der Waals surface area contributed by atoms with E-state index in [0.717, 1.165) is 57.5 Å².